The monoisotopic (exact) mass is 215 g/mol. The number of benzene rings is 1. The van der Waals surface area contributed by atoms with E-state index in [0.717, 1.165) is 24.5 Å². The molecule has 16 heavy (non-hydrogen) atoms. The molecule has 3 heteroatoms. The Bertz CT molecular complexity index is 489. The first-order valence-electron chi connectivity index (χ1n) is 5.98. The molecule has 3 rings (SSSR count). The van der Waals surface area contributed by atoms with Gasteiger partial charge in [0, 0.05) is 6.54 Å². The molecule has 0 amide bonds. The summed E-state index contributed by atoms with van der Waals surface area (Å²) in [5.74, 6) is 0.721. The van der Waals surface area contributed by atoms with Gasteiger partial charge in [0.1, 0.15) is 0 Å². The minimum absolute atomic E-state index is 0.543. The van der Waals surface area contributed by atoms with Gasteiger partial charge in [-0.1, -0.05) is 19.1 Å². The van der Waals surface area contributed by atoms with E-state index >= 15 is 0 Å². The first-order chi connectivity index (χ1) is 7.86. The maximum atomic E-state index is 4.46. The number of nitrogens with one attached hydrogen (secondary N) is 1. The first-order valence-corrected chi connectivity index (χ1v) is 5.98. The molecule has 0 radical (unpaired) electrons. The Balaban J connectivity index is 2.04. The molecule has 0 aliphatic carbocycles. The Labute approximate surface area is 95.5 Å². The van der Waals surface area contributed by atoms with Crippen LogP contribution in [0.2, 0.25) is 0 Å². The highest BCUT2D eigenvalue weighted by molar-refractivity contribution is 5.75. The molecule has 2 atom stereocenters. The Hall–Kier alpha value is -1.35. The lowest BCUT2D eigenvalue weighted by Crippen LogP contribution is -2.36. The summed E-state index contributed by atoms with van der Waals surface area (Å²) in [5.41, 5.74) is 2.35. The maximum absolute atomic E-state index is 4.46. The van der Waals surface area contributed by atoms with Gasteiger partial charge in [-0.25, -0.2) is 4.98 Å². The van der Waals surface area contributed by atoms with Crippen LogP contribution in [-0.4, -0.2) is 22.6 Å². The number of para-hydroxylation sites is 2. The van der Waals surface area contributed by atoms with E-state index < -0.39 is 0 Å². The quantitative estimate of drug-likeness (QED) is 0.790. The Morgan fingerprint density at radius 3 is 3.12 bits per heavy atom. The largest absolute Gasteiger partial charge is 0.326 e. The zero-order valence-corrected chi connectivity index (χ0v) is 9.56. The number of fused-ring (bicyclic) bond motifs is 1. The molecule has 2 heterocycles. The number of hydrogen-bond donors (Lipinski definition) is 1. The van der Waals surface area contributed by atoms with Crippen molar-refractivity contribution in [1.29, 1.82) is 0 Å². The van der Waals surface area contributed by atoms with Gasteiger partial charge in [-0.05, 0) is 31.0 Å². The van der Waals surface area contributed by atoms with Gasteiger partial charge in [0.2, 0.25) is 0 Å². The van der Waals surface area contributed by atoms with Crippen LogP contribution in [0.3, 0.4) is 0 Å². The Morgan fingerprint density at radius 2 is 2.25 bits per heavy atom. The molecule has 1 fully saturated rings. The molecule has 1 aliphatic rings. The molecule has 2 aromatic rings. The summed E-state index contributed by atoms with van der Waals surface area (Å²) in [6, 6.07) is 8.90. The highest BCUT2D eigenvalue weighted by atomic mass is 15.1. The van der Waals surface area contributed by atoms with Crippen LogP contribution in [0.15, 0.2) is 30.6 Å². The van der Waals surface area contributed by atoms with Crippen LogP contribution in [0, 0.1) is 5.92 Å². The second-order valence-electron chi connectivity index (χ2n) is 4.68. The van der Waals surface area contributed by atoms with Gasteiger partial charge in [0.15, 0.2) is 0 Å². The van der Waals surface area contributed by atoms with E-state index in [4.69, 9.17) is 0 Å². The maximum Gasteiger partial charge on any atom is 0.0961 e. The minimum atomic E-state index is 0.543. The number of hydrogen-bond acceptors (Lipinski definition) is 2. The minimum Gasteiger partial charge on any atom is -0.326 e. The predicted molar refractivity (Wildman–Crippen MR) is 65.4 cm³/mol. The van der Waals surface area contributed by atoms with Crippen molar-refractivity contribution in [1.82, 2.24) is 14.9 Å². The molecular formula is C13H17N3. The molecule has 3 nitrogen and oxygen atoms in total. The fourth-order valence-corrected chi connectivity index (χ4v) is 2.59. The molecule has 0 spiro atoms. The van der Waals surface area contributed by atoms with E-state index in [-0.39, 0.29) is 0 Å². The third-order valence-electron chi connectivity index (χ3n) is 3.63. The van der Waals surface area contributed by atoms with E-state index in [1.807, 2.05) is 12.4 Å². The van der Waals surface area contributed by atoms with Crippen LogP contribution in [0.25, 0.3) is 11.0 Å². The summed E-state index contributed by atoms with van der Waals surface area (Å²) in [6.07, 6.45) is 3.23. The zero-order chi connectivity index (χ0) is 11.0. The molecule has 0 bridgehead atoms. The molecule has 1 saturated heterocycles. The van der Waals surface area contributed by atoms with Gasteiger partial charge in [-0.15, -0.1) is 0 Å². The summed E-state index contributed by atoms with van der Waals surface area (Å²) < 4.78 is 2.33. The lowest BCUT2D eigenvalue weighted by molar-refractivity contribution is 0.279. The molecule has 1 aromatic carbocycles. The Morgan fingerprint density at radius 1 is 1.38 bits per heavy atom. The van der Waals surface area contributed by atoms with E-state index in [2.05, 4.69) is 40.0 Å². The average molecular weight is 215 g/mol. The summed E-state index contributed by atoms with van der Waals surface area (Å²) in [5, 5.41) is 3.47. The van der Waals surface area contributed by atoms with E-state index in [1.165, 1.54) is 11.9 Å². The van der Waals surface area contributed by atoms with Crippen molar-refractivity contribution >= 4 is 11.0 Å². The first kappa shape index (κ1) is 9.85. The summed E-state index contributed by atoms with van der Waals surface area (Å²) >= 11 is 0. The summed E-state index contributed by atoms with van der Waals surface area (Å²) in [6.45, 7) is 4.53. The van der Waals surface area contributed by atoms with Crippen LogP contribution in [0.1, 0.15) is 19.4 Å². The van der Waals surface area contributed by atoms with E-state index in [9.17, 15) is 0 Å². The summed E-state index contributed by atoms with van der Waals surface area (Å²) in [7, 11) is 0. The van der Waals surface area contributed by atoms with Crippen LogP contribution in [-0.2, 0) is 0 Å². The van der Waals surface area contributed by atoms with Crippen molar-refractivity contribution in [3.63, 3.8) is 0 Å². The normalized spacial score (nSPS) is 26.1. The van der Waals surface area contributed by atoms with Gasteiger partial charge in [0.25, 0.3) is 0 Å². The second-order valence-corrected chi connectivity index (χ2v) is 4.68. The third-order valence-corrected chi connectivity index (χ3v) is 3.63. The van der Waals surface area contributed by atoms with Crippen molar-refractivity contribution < 1.29 is 0 Å². The standard InChI is InChI=1S/C13H17N3/c1-10-6-7-14-8-13(10)16-9-15-11-4-2-3-5-12(11)16/h2-5,9-10,13-14H,6-8H2,1H3. The van der Waals surface area contributed by atoms with Crippen molar-refractivity contribution in [3.8, 4) is 0 Å². The van der Waals surface area contributed by atoms with E-state index in [1.54, 1.807) is 0 Å². The van der Waals surface area contributed by atoms with Crippen molar-refractivity contribution in [2.75, 3.05) is 13.1 Å². The van der Waals surface area contributed by atoms with Gasteiger partial charge in [-0.3, -0.25) is 0 Å². The lowest BCUT2D eigenvalue weighted by Gasteiger charge is -2.31. The van der Waals surface area contributed by atoms with Gasteiger partial charge in [0.05, 0.1) is 23.4 Å². The van der Waals surface area contributed by atoms with Crippen LogP contribution < -0.4 is 5.32 Å². The molecule has 1 aromatic heterocycles. The average Bonchev–Trinajstić information content (AvgIpc) is 2.74. The number of rotatable bonds is 1. The summed E-state index contributed by atoms with van der Waals surface area (Å²) in [4.78, 5) is 4.46. The van der Waals surface area contributed by atoms with Crippen molar-refractivity contribution in [2.45, 2.75) is 19.4 Å². The van der Waals surface area contributed by atoms with Crippen molar-refractivity contribution in [3.05, 3.63) is 30.6 Å². The van der Waals surface area contributed by atoms with Crippen LogP contribution >= 0.6 is 0 Å². The topological polar surface area (TPSA) is 29.9 Å². The highest BCUT2D eigenvalue weighted by Crippen LogP contribution is 2.26. The van der Waals surface area contributed by atoms with Gasteiger partial charge in [-0.2, -0.15) is 0 Å². The molecule has 1 N–H and O–H groups in total. The number of aromatic nitrogens is 2. The number of piperidine rings is 1. The van der Waals surface area contributed by atoms with Gasteiger partial charge < -0.3 is 9.88 Å². The van der Waals surface area contributed by atoms with Crippen LogP contribution in [0.4, 0.5) is 0 Å². The zero-order valence-electron chi connectivity index (χ0n) is 9.56. The van der Waals surface area contributed by atoms with Gasteiger partial charge >= 0.3 is 0 Å². The van der Waals surface area contributed by atoms with E-state index in [0.29, 0.717) is 6.04 Å². The smallest absolute Gasteiger partial charge is 0.0961 e. The van der Waals surface area contributed by atoms with Crippen LogP contribution in [0.5, 0.6) is 0 Å². The van der Waals surface area contributed by atoms with Crippen molar-refractivity contribution in [2.24, 2.45) is 5.92 Å². The highest BCUT2D eigenvalue weighted by Gasteiger charge is 2.23. The Kier molecular flexibility index (Phi) is 2.40. The molecule has 0 saturated carbocycles. The third kappa shape index (κ3) is 1.52. The molecule has 2 unspecified atom stereocenters. The SMILES string of the molecule is CC1CCNCC1n1cnc2ccccc21. The fraction of sp³-hybridized carbons (Fsp3) is 0.462. The molecule has 84 valence electrons. The second kappa shape index (κ2) is 3.91. The fourth-order valence-electron chi connectivity index (χ4n) is 2.59. The predicted octanol–water partition coefficient (Wildman–Crippen LogP) is 2.21. The number of nitrogens with zero attached hydrogens (tertiary/aromatic N) is 2. The molecule has 1 aliphatic heterocycles. The lowest BCUT2D eigenvalue weighted by atomic mass is 9.94. The number of imidazole rings is 1. The molecular weight excluding hydrogens is 198 g/mol.